The van der Waals surface area contributed by atoms with E-state index in [1.54, 1.807) is 6.07 Å². The van der Waals surface area contributed by atoms with Crippen molar-refractivity contribution in [3.8, 4) is 11.5 Å². The first-order chi connectivity index (χ1) is 17.9. The zero-order valence-electron chi connectivity index (χ0n) is 21.1. The normalized spacial score (nSPS) is 31.7. The number of ether oxygens (including phenoxy) is 1. The fourth-order valence-electron chi connectivity index (χ4n) is 8.06. The molecule has 2 bridgehead atoms. The van der Waals surface area contributed by atoms with Crippen molar-refractivity contribution in [2.24, 2.45) is 16.6 Å². The molecular formula is C29H33N5O3. The molecule has 2 aromatic carbocycles. The third kappa shape index (κ3) is 2.72. The highest BCUT2D eigenvalue weighted by molar-refractivity contribution is 5.96. The molecule has 4 atom stereocenters. The summed E-state index contributed by atoms with van der Waals surface area (Å²) in [5.74, 6) is 1.87. The lowest BCUT2D eigenvalue weighted by molar-refractivity contribution is -0.173. The number of hydrogen-bond donors (Lipinski definition) is 5. The van der Waals surface area contributed by atoms with Crippen molar-refractivity contribution in [3.05, 3.63) is 52.7 Å². The Kier molecular flexibility index (Phi) is 4.25. The van der Waals surface area contributed by atoms with Crippen molar-refractivity contribution in [2.75, 3.05) is 25.0 Å². The maximum atomic E-state index is 12.9. The summed E-state index contributed by atoms with van der Waals surface area (Å²) >= 11 is 0. The minimum atomic E-state index is -0.995. The second-order valence-electron chi connectivity index (χ2n) is 11.7. The van der Waals surface area contributed by atoms with Crippen molar-refractivity contribution >= 4 is 22.5 Å². The van der Waals surface area contributed by atoms with Crippen LogP contribution in [0.15, 0.2) is 35.3 Å². The van der Waals surface area contributed by atoms with Gasteiger partial charge in [-0.2, -0.15) is 0 Å². The van der Waals surface area contributed by atoms with E-state index in [4.69, 9.17) is 10.5 Å². The number of anilines is 1. The minimum Gasteiger partial charge on any atom is -0.504 e. The molecule has 6 N–H and O–H groups in total. The third-order valence-electron chi connectivity index (χ3n) is 9.76. The van der Waals surface area contributed by atoms with Gasteiger partial charge in [-0.1, -0.05) is 6.07 Å². The topological polar surface area (TPSA) is 119 Å². The average molecular weight is 500 g/mol. The Morgan fingerprint density at radius 1 is 1.30 bits per heavy atom. The molecule has 0 unspecified atom stereocenters. The number of nitrogens with zero attached hydrogens (tertiary/aromatic N) is 2. The number of fused-ring (bicyclic) bond motifs is 4. The molecule has 37 heavy (non-hydrogen) atoms. The van der Waals surface area contributed by atoms with Crippen LogP contribution in [0.25, 0.3) is 10.9 Å². The minimum absolute atomic E-state index is 0.0164. The Bertz CT molecular complexity index is 1490. The van der Waals surface area contributed by atoms with Gasteiger partial charge in [-0.25, -0.2) is 0 Å². The lowest BCUT2D eigenvalue weighted by Gasteiger charge is -2.62. The summed E-state index contributed by atoms with van der Waals surface area (Å²) in [6.45, 7) is 4.56. The molecule has 0 amide bonds. The second kappa shape index (κ2) is 7.20. The Labute approximate surface area is 215 Å². The van der Waals surface area contributed by atoms with E-state index in [1.165, 1.54) is 18.4 Å². The molecule has 5 aliphatic rings. The Balaban J connectivity index is 1.32. The molecule has 8 nitrogen and oxygen atoms in total. The average Bonchev–Trinajstić information content (AvgIpc) is 3.51. The molecule has 3 aromatic rings. The van der Waals surface area contributed by atoms with E-state index >= 15 is 0 Å². The largest absolute Gasteiger partial charge is 0.504 e. The third-order valence-corrected chi connectivity index (χ3v) is 9.76. The van der Waals surface area contributed by atoms with Crippen LogP contribution in [0.4, 0.5) is 5.69 Å². The molecule has 1 spiro atoms. The van der Waals surface area contributed by atoms with Crippen LogP contribution in [-0.4, -0.2) is 57.3 Å². The van der Waals surface area contributed by atoms with E-state index in [-0.39, 0.29) is 17.9 Å². The zero-order chi connectivity index (χ0) is 25.1. The molecule has 2 aliphatic heterocycles. The van der Waals surface area contributed by atoms with Gasteiger partial charge in [-0.05, 0) is 80.5 Å². The summed E-state index contributed by atoms with van der Waals surface area (Å²) in [6, 6.07) is 9.97. The second-order valence-corrected chi connectivity index (χ2v) is 11.7. The fourth-order valence-corrected chi connectivity index (χ4v) is 8.06. The summed E-state index contributed by atoms with van der Waals surface area (Å²) < 4.78 is 6.67. The number of aromatic amines is 1. The molecule has 3 heterocycles. The molecular weight excluding hydrogens is 466 g/mol. The maximum absolute atomic E-state index is 12.9. The van der Waals surface area contributed by atoms with Gasteiger partial charge in [0.05, 0.1) is 16.7 Å². The molecule has 192 valence electrons. The Morgan fingerprint density at radius 2 is 2.16 bits per heavy atom. The number of phenols is 1. The Hall–Kier alpha value is -3.23. The van der Waals surface area contributed by atoms with Gasteiger partial charge in [-0.3, -0.25) is 9.89 Å². The van der Waals surface area contributed by atoms with Crippen LogP contribution in [0.1, 0.15) is 54.7 Å². The number of benzene rings is 2. The summed E-state index contributed by atoms with van der Waals surface area (Å²) in [5.41, 5.74) is 10.7. The van der Waals surface area contributed by atoms with Crippen molar-refractivity contribution < 1.29 is 14.9 Å². The van der Waals surface area contributed by atoms with Gasteiger partial charge in [0.1, 0.15) is 0 Å². The van der Waals surface area contributed by atoms with E-state index in [0.29, 0.717) is 24.7 Å². The number of nitrogens with two attached hydrogens (primary N) is 1. The number of H-pyrrole nitrogens is 1. The highest BCUT2D eigenvalue weighted by Gasteiger charge is 2.72. The first kappa shape index (κ1) is 21.8. The van der Waals surface area contributed by atoms with Gasteiger partial charge in [0.25, 0.3) is 0 Å². The molecule has 3 aliphatic carbocycles. The first-order valence-electron chi connectivity index (χ1n) is 13.6. The zero-order valence-corrected chi connectivity index (χ0v) is 21.1. The summed E-state index contributed by atoms with van der Waals surface area (Å²) in [5, 5.41) is 28.1. The number of aliphatic hydroxyl groups is 1. The highest BCUT2D eigenvalue weighted by Crippen LogP contribution is 2.69. The van der Waals surface area contributed by atoms with E-state index in [9.17, 15) is 10.2 Å². The number of aliphatic imine (C=N–C) groups is 1. The lowest BCUT2D eigenvalue weighted by Crippen LogP contribution is -2.74. The lowest BCUT2D eigenvalue weighted by atomic mass is 9.49. The van der Waals surface area contributed by atoms with Crippen LogP contribution in [0, 0.1) is 5.92 Å². The predicted molar refractivity (Wildman–Crippen MR) is 142 cm³/mol. The van der Waals surface area contributed by atoms with Gasteiger partial charge in [0.15, 0.2) is 23.6 Å². The number of piperidine rings is 1. The summed E-state index contributed by atoms with van der Waals surface area (Å²) in [4.78, 5) is 10.5. The standard InChI is InChI=1S/C29H33N5O3/c1-2-31-27(30)32-17-6-7-20-18(12-17)19-13-29(36)22-11-16-5-8-21(35)25-23(16)28(29,26(37-25)24(19)33-20)9-10-34(22)14-15-3-4-15/h5-8,12,15,22,26,33,35-36H,2-4,9-11,13-14H2,1H3,(H3,30,31,32)/t22-,26+,28+,29-/m1/s1. The monoisotopic (exact) mass is 499 g/mol. The molecule has 8 rings (SSSR count). The number of nitrogens with one attached hydrogen (secondary N) is 2. The van der Waals surface area contributed by atoms with E-state index in [1.807, 2.05) is 13.0 Å². The number of likely N-dealkylation sites (tertiary alicyclic amines) is 1. The highest BCUT2D eigenvalue weighted by atomic mass is 16.5. The number of aromatic hydroxyl groups is 1. The van der Waals surface area contributed by atoms with Crippen LogP contribution in [0.5, 0.6) is 11.5 Å². The first-order valence-corrected chi connectivity index (χ1v) is 13.6. The molecule has 0 radical (unpaired) electrons. The smallest absolute Gasteiger partial charge is 0.193 e. The maximum Gasteiger partial charge on any atom is 0.193 e. The van der Waals surface area contributed by atoms with Crippen molar-refractivity contribution in [1.82, 2.24) is 9.88 Å². The van der Waals surface area contributed by atoms with Crippen LogP contribution >= 0.6 is 0 Å². The van der Waals surface area contributed by atoms with E-state index < -0.39 is 11.0 Å². The van der Waals surface area contributed by atoms with Gasteiger partial charge >= 0.3 is 0 Å². The van der Waals surface area contributed by atoms with Crippen molar-refractivity contribution in [2.45, 2.75) is 62.2 Å². The van der Waals surface area contributed by atoms with E-state index in [2.05, 4.69) is 38.4 Å². The quantitative estimate of drug-likeness (QED) is 0.278. The summed E-state index contributed by atoms with van der Waals surface area (Å²) in [6.07, 6.45) is 4.35. The van der Waals surface area contributed by atoms with Crippen LogP contribution in [0.2, 0.25) is 0 Å². The number of aromatic nitrogens is 1. The molecule has 8 heteroatoms. The number of phenolic OH excluding ortho intramolecular Hbond substituents is 1. The van der Waals surface area contributed by atoms with Gasteiger partial charge < -0.3 is 31.0 Å². The van der Waals surface area contributed by atoms with Crippen molar-refractivity contribution in [3.63, 3.8) is 0 Å². The van der Waals surface area contributed by atoms with Crippen molar-refractivity contribution in [1.29, 1.82) is 0 Å². The number of hydrogen-bond acceptors (Lipinski definition) is 5. The van der Waals surface area contributed by atoms with Crippen LogP contribution in [0.3, 0.4) is 0 Å². The van der Waals surface area contributed by atoms with Crippen LogP contribution in [-0.2, 0) is 18.3 Å². The fraction of sp³-hybridized carbons (Fsp3) is 0.483. The molecule has 1 aromatic heterocycles. The van der Waals surface area contributed by atoms with Gasteiger partial charge in [0.2, 0.25) is 0 Å². The molecule has 1 saturated heterocycles. The van der Waals surface area contributed by atoms with Gasteiger partial charge in [0, 0.05) is 47.7 Å². The van der Waals surface area contributed by atoms with Gasteiger partial charge in [-0.15, -0.1) is 0 Å². The summed E-state index contributed by atoms with van der Waals surface area (Å²) in [7, 11) is 0. The predicted octanol–water partition coefficient (Wildman–Crippen LogP) is 3.32. The number of rotatable bonds is 4. The van der Waals surface area contributed by atoms with E-state index in [0.717, 1.165) is 65.3 Å². The molecule has 1 saturated carbocycles. The molecule has 2 fully saturated rings. The SMILES string of the molecule is CCN=C(N)Nc1ccc2[nH]c3c(c2c1)C[C@@]1(O)[C@H]2Cc4ccc(O)c5c4[C@@]1(CCN2CC1CC1)[C@H]3O5. The van der Waals surface area contributed by atoms with Crippen LogP contribution < -0.4 is 15.8 Å². The Morgan fingerprint density at radius 3 is 2.97 bits per heavy atom. The number of guanidine groups is 1.